The maximum Gasteiger partial charge on any atom is 0.0408 e. The predicted octanol–water partition coefficient (Wildman–Crippen LogP) is 5.20. The first-order valence-electron chi connectivity index (χ1n) is 7.66. The zero-order valence-electron chi connectivity index (χ0n) is 13.0. The van der Waals surface area contributed by atoms with Gasteiger partial charge in [-0.1, -0.05) is 0 Å². The minimum atomic E-state index is 0.564. The third-order valence-electron chi connectivity index (χ3n) is 4.89. The van der Waals surface area contributed by atoms with Gasteiger partial charge in [0.2, 0.25) is 0 Å². The Hall–Kier alpha value is 1.32. The van der Waals surface area contributed by atoms with Crippen molar-refractivity contribution < 1.29 is 19.4 Å². The van der Waals surface area contributed by atoms with E-state index >= 15 is 0 Å². The van der Waals surface area contributed by atoms with Gasteiger partial charge in [0.05, 0.1) is 0 Å². The van der Waals surface area contributed by atoms with Crippen LogP contribution in [0.25, 0.3) is 0 Å². The van der Waals surface area contributed by atoms with Crippen LogP contribution in [-0.4, -0.2) is 16.0 Å². The molecular weight excluding hydrogens is 671 g/mol. The number of halogens is 2. The maximum absolute atomic E-state index is 2.46. The van der Waals surface area contributed by atoms with Crippen LogP contribution in [0.2, 0.25) is 0 Å². The molecule has 0 unspecified atom stereocenters. The van der Waals surface area contributed by atoms with Gasteiger partial charge in [0, 0.05) is 51.3 Å². The molecule has 3 saturated carbocycles. The second-order valence-electron chi connectivity index (χ2n) is 6.59. The number of nitrogens with zero attached hydrogens (tertiary/aromatic N) is 3. The quantitative estimate of drug-likeness (QED) is 0.307. The summed E-state index contributed by atoms with van der Waals surface area (Å²) in [6, 6.07) is 0.564. The Bertz CT molecular complexity index is 499. The van der Waals surface area contributed by atoms with Crippen molar-refractivity contribution in [1.29, 1.82) is 0 Å². The summed E-state index contributed by atoms with van der Waals surface area (Å²) in [5, 5.41) is 0. The average Bonchev–Trinajstić information content (AvgIpc) is 2.82. The summed E-state index contributed by atoms with van der Waals surface area (Å²) in [6.45, 7) is 4.37. The first-order chi connectivity index (χ1) is 9.85. The van der Waals surface area contributed by atoms with Gasteiger partial charge in [-0.2, -0.15) is 1.33 Å². The molecule has 2 bridgehead atoms. The van der Waals surface area contributed by atoms with Gasteiger partial charge in [-0.05, 0) is 44.4 Å². The number of aryl methyl sites for hydroxylation is 1. The fourth-order valence-corrected chi connectivity index (χ4v) is 5.69. The van der Waals surface area contributed by atoms with Crippen molar-refractivity contribution >= 4 is 45.7 Å². The summed E-state index contributed by atoms with van der Waals surface area (Å²) in [5.74, 6) is 1.09. The van der Waals surface area contributed by atoms with Crippen LogP contribution in [-0.2, 0) is 26.4 Å². The molecule has 3 aliphatic rings. The van der Waals surface area contributed by atoms with Gasteiger partial charge in [-0.3, -0.25) is 0 Å². The van der Waals surface area contributed by atoms with Crippen molar-refractivity contribution in [2.24, 2.45) is 13.0 Å². The Morgan fingerprint density at radius 1 is 1.19 bits per heavy atom. The molecule has 0 spiro atoms. The molecule has 0 amide bonds. The number of imidazole rings is 1. The van der Waals surface area contributed by atoms with Crippen molar-refractivity contribution in [3.05, 3.63) is 16.2 Å². The van der Waals surface area contributed by atoms with Crippen molar-refractivity contribution in [2.45, 2.75) is 64.0 Å². The van der Waals surface area contributed by atoms with Crippen LogP contribution in [0.15, 0.2) is 12.4 Å². The molecule has 0 N–H and O–H groups in total. The number of hydrogen-bond donors (Lipinski definition) is 0. The average molecular weight is 696 g/mol. The van der Waals surface area contributed by atoms with Crippen LogP contribution >= 0.6 is 45.7 Å². The first-order valence-corrected chi connectivity index (χ1v) is 10.7. The Morgan fingerprint density at radius 3 is 1.95 bits per heavy atom. The van der Waals surface area contributed by atoms with E-state index in [2.05, 4.69) is 109 Å². The fourth-order valence-electron chi connectivity index (χ4n) is 3.32. The summed E-state index contributed by atoms with van der Waals surface area (Å²) >= 11 is 7.24. The van der Waals surface area contributed by atoms with Crippen molar-refractivity contribution in [2.75, 3.05) is 0 Å². The molecule has 0 aliphatic heterocycles. The Balaban J connectivity index is 0.000000155. The van der Waals surface area contributed by atoms with E-state index in [9.17, 15) is 0 Å². The summed E-state index contributed by atoms with van der Waals surface area (Å²) in [6.07, 6.45) is 13.0. The van der Waals surface area contributed by atoms with Crippen LogP contribution in [0.5, 0.6) is 0 Å². The van der Waals surface area contributed by atoms with E-state index in [1.807, 2.05) is 0 Å². The molecule has 1 aromatic heterocycles. The summed E-state index contributed by atoms with van der Waals surface area (Å²) in [5.41, 5.74) is 0.593. The number of aromatic nitrogens is 2. The molecule has 0 aromatic carbocycles. The van der Waals surface area contributed by atoms with E-state index < -0.39 is 0 Å². The number of rotatable bonds is 2. The predicted molar refractivity (Wildman–Crippen MR) is 101 cm³/mol. The van der Waals surface area contributed by atoms with Crippen molar-refractivity contribution in [3.8, 4) is 0 Å². The minimum absolute atomic E-state index is 0.564. The largest absolute Gasteiger partial charge is 0.182 e. The molecule has 124 valence electrons. The van der Waals surface area contributed by atoms with E-state index in [4.69, 9.17) is 0 Å². The standard InChI is InChI=1S/C8H13I2N.C7H12N2.Pt/c9-11(10)8-4-1-7(2-5-8)3-6-8;1-7(2)9-5-4-8(3)6-9;/h7H,1-6H2;4-5,7H,1-3H3;. The molecule has 0 radical (unpaired) electrons. The SMILES string of the molecule is CC(C)n1ccn(C)[c]1=[Pt].IN(I)C12CCC(CC1)CC2. The van der Waals surface area contributed by atoms with E-state index in [-0.39, 0.29) is 0 Å². The van der Waals surface area contributed by atoms with E-state index in [0.717, 1.165) is 5.92 Å². The Kier molecular flexibility index (Phi) is 7.04. The fraction of sp³-hybridized carbons (Fsp3) is 0.800. The molecular formula is C15H25I2N3Pt. The van der Waals surface area contributed by atoms with Gasteiger partial charge in [0.1, 0.15) is 0 Å². The van der Waals surface area contributed by atoms with Crippen LogP contribution in [0.4, 0.5) is 0 Å². The Morgan fingerprint density at radius 2 is 1.71 bits per heavy atom. The molecule has 0 saturated heterocycles. The van der Waals surface area contributed by atoms with Gasteiger partial charge >= 0.3 is 71.6 Å². The summed E-state index contributed by atoms with van der Waals surface area (Å²) < 4.78 is 8.04. The van der Waals surface area contributed by atoms with Gasteiger partial charge in [-0.15, -0.1) is 0 Å². The van der Waals surface area contributed by atoms with Crippen LogP contribution < -0.4 is 0 Å². The zero-order chi connectivity index (χ0) is 15.6. The van der Waals surface area contributed by atoms with Crippen LogP contribution in [0.3, 0.4) is 0 Å². The molecule has 6 heteroatoms. The van der Waals surface area contributed by atoms with Gasteiger partial charge in [0.15, 0.2) is 0 Å². The number of fused-ring (bicyclic) bond motifs is 3. The van der Waals surface area contributed by atoms with E-state index in [1.54, 1.807) is 0 Å². The van der Waals surface area contributed by atoms with E-state index in [0.29, 0.717) is 11.6 Å². The maximum atomic E-state index is 2.46. The molecule has 1 heterocycles. The van der Waals surface area contributed by atoms with Crippen LogP contribution in [0.1, 0.15) is 58.4 Å². The molecule has 4 rings (SSSR count). The summed E-state index contributed by atoms with van der Waals surface area (Å²) in [7, 11) is 2.06. The van der Waals surface area contributed by atoms with Gasteiger partial charge in [0.25, 0.3) is 0 Å². The monoisotopic (exact) mass is 696 g/mol. The van der Waals surface area contributed by atoms with Crippen molar-refractivity contribution in [3.63, 3.8) is 0 Å². The second kappa shape index (κ2) is 7.93. The topological polar surface area (TPSA) is 13.1 Å². The Labute approximate surface area is 167 Å². The first kappa shape index (κ1) is 18.7. The smallest absolute Gasteiger partial charge is 0.0408 e. The molecule has 21 heavy (non-hydrogen) atoms. The third-order valence-corrected chi connectivity index (χ3v) is 8.32. The molecule has 0 atom stereocenters. The third kappa shape index (κ3) is 4.44. The molecule has 3 aliphatic carbocycles. The van der Waals surface area contributed by atoms with Crippen molar-refractivity contribution in [1.82, 2.24) is 10.5 Å². The second-order valence-corrected chi connectivity index (χ2v) is 11.4. The number of hydrogen-bond acceptors (Lipinski definition) is 1. The molecule has 1 aromatic rings. The van der Waals surface area contributed by atoms with E-state index in [1.165, 1.54) is 42.3 Å². The zero-order valence-corrected chi connectivity index (χ0v) is 19.6. The minimum Gasteiger partial charge on any atom is -0.182 e. The van der Waals surface area contributed by atoms with Gasteiger partial charge in [-0.25, -0.2) is 0 Å². The summed E-state index contributed by atoms with van der Waals surface area (Å²) in [4.78, 5) is 0. The normalized spacial score (nSPS) is 28.0. The molecule has 3 nitrogen and oxygen atoms in total. The molecule has 3 fully saturated rings. The van der Waals surface area contributed by atoms with Gasteiger partial charge < -0.3 is 0 Å². The van der Waals surface area contributed by atoms with Crippen LogP contribution in [0, 0.1) is 9.72 Å².